The Bertz CT molecular complexity index is 1560. The fourth-order valence-electron chi connectivity index (χ4n) is 5.79. The van der Waals surface area contributed by atoms with Gasteiger partial charge in [-0.1, -0.05) is 6.07 Å². The lowest BCUT2D eigenvalue weighted by atomic mass is 9.79. The third-order valence-electron chi connectivity index (χ3n) is 6.91. The van der Waals surface area contributed by atoms with Crippen LogP contribution >= 0.6 is 0 Å². The highest BCUT2D eigenvalue weighted by atomic mass is 19.1. The maximum atomic E-state index is 15.2. The van der Waals surface area contributed by atoms with Crippen LogP contribution < -0.4 is 9.13 Å². The zero-order valence-electron chi connectivity index (χ0n) is 16.6. The molecule has 7 rings (SSSR count). The first-order valence-corrected chi connectivity index (χ1v) is 9.90. The number of halogens is 2. The fraction of sp³-hybridized carbons (Fsp3) is 0.174. The van der Waals surface area contributed by atoms with Crippen molar-refractivity contribution in [2.75, 3.05) is 0 Å². The number of hydrogen-bond donors (Lipinski definition) is 0. The monoisotopic (exact) mass is 412 g/mol. The molecule has 0 saturated carbocycles. The third kappa shape index (κ3) is 1.53. The summed E-state index contributed by atoms with van der Waals surface area (Å²) in [5, 5.41) is 9.73. The second-order valence-corrected chi connectivity index (χ2v) is 8.61. The number of rotatable bonds is 0. The van der Waals surface area contributed by atoms with Gasteiger partial charge in [0.15, 0.2) is 6.07 Å². The smallest absolute Gasteiger partial charge is 0.203 e. The van der Waals surface area contributed by atoms with Crippen molar-refractivity contribution in [2.24, 2.45) is 0 Å². The minimum atomic E-state index is -1.10. The molecule has 1 atom stereocenters. The molecular formula is C23H14F2N6+2. The van der Waals surface area contributed by atoms with Gasteiger partial charge in [-0.05, 0) is 26.0 Å². The molecule has 0 unspecified atom stereocenters. The van der Waals surface area contributed by atoms with E-state index < -0.39 is 23.0 Å². The number of fused-ring (bicyclic) bond motifs is 4. The van der Waals surface area contributed by atoms with Crippen molar-refractivity contribution >= 4 is 0 Å². The highest BCUT2D eigenvalue weighted by Crippen LogP contribution is 2.49. The summed E-state index contributed by atoms with van der Waals surface area (Å²) in [4.78, 5) is 7.81. The van der Waals surface area contributed by atoms with Crippen LogP contribution in [0.1, 0.15) is 42.3 Å². The molecule has 3 aliphatic rings. The average Bonchev–Trinajstić information content (AvgIpc) is 3.38. The lowest BCUT2D eigenvalue weighted by Gasteiger charge is -2.33. The molecule has 0 fully saturated rings. The summed E-state index contributed by atoms with van der Waals surface area (Å²) in [6.45, 7) is 4.22. The van der Waals surface area contributed by atoms with Crippen LogP contribution in [0.2, 0.25) is 0 Å². The SMILES string of the molecule is CC1(C)c2cccc3[n+]2[C@]2(c4cc(F)nc(F)c4-3)c3cnc(C#N)n3-c3cccc1[n+]32. The van der Waals surface area contributed by atoms with Crippen LogP contribution in [0.15, 0.2) is 48.7 Å². The van der Waals surface area contributed by atoms with E-state index in [9.17, 15) is 9.65 Å². The maximum Gasteiger partial charge on any atom is 0.402 e. The Hall–Kier alpha value is -3.99. The van der Waals surface area contributed by atoms with Crippen molar-refractivity contribution in [1.29, 1.82) is 5.26 Å². The van der Waals surface area contributed by atoms with Gasteiger partial charge in [-0.15, -0.1) is 4.57 Å². The molecule has 0 aliphatic carbocycles. The predicted octanol–water partition coefficient (Wildman–Crippen LogP) is 2.22. The first-order valence-electron chi connectivity index (χ1n) is 9.90. The van der Waals surface area contributed by atoms with E-state index in [0.717, 1.165) is 17.2 Å². The van der Waals surface area contributed by atoms with Gasteiger partial charge in [0.25, 0.3) is 11.5 Å². The molecule has 0 N–H and O–H groups in total. The van der Waals surface area contributed by atoms with E-state index in [-0.39, 0.29) is 11.4 Å². The molecule has 4 aromatic rings. The summed E-state index contributed by atoms with van der Waals surface area (Å²) in [6.07, 6.45) is 1.63. The van der Waals surface area contributed by atoms with Gasteiger partial charge in [0.2, 0.25) is 23.3 Å². The summed E-state index contributed by atoms with van der Waals surface area (Å²) >= 11 is 0. The Morgan fingerprint density at radius 3 is 2.58 bits per heavy atom. The lowest BCUT2D eigenvalue weighted by Crippen LogP contribution is -2.79. The Kier molecular flexibility index (Phi) is 2.62. The molecule has 3 aliphatic heterocycles. The minimum absolute atomic E-state index is 0.223. The molecule has 4 aromatic heterocycles. The third-order valence-corrected chi connectivity index (χ3v) is 6.91. The predicted molar refractivity (Wildman–Crippen MR) is 102 cm³/mol. The zero-order chi connectivity index (χ0) is 21.3. The Morgan fingerprint density at radius 2 is 1.81 bits per heavy atom. The number of nitriles is 1. The molecule has 148 valence electrons. The van der Waals surface area contributed by atoms with Crippen molar-refractivity contribution in [3.63, 3.8) is 0 Å². The Balaban J connectivity index is 1.83. The van der Waals surface area contributed by atoms with Crippen molar-refractivity contribution < 1.29 is 17.9 Å². The van der Waals surface area contributed by atoms with Crippen LogP contribution in [-0.4, -0.2) is 14.5 Å². The van der Waals surface area contributed by atoms with Crippen molar-refractivity contribution in [1.82, 2.24) is 14.5 Å². The largest absolute Gasteiger partial charge is 0.402 e. The molecule has 31 heavy (non-hydrogen) atoms. The van der Waals surface area contributed by atoms with Crippen LogP contribution in [0.25, 0.3) is 17.1 Å². The molecule has 8 heteroatoms. The van der Waals surface area contributed by atoms with E-state index >= 15 is 4.39 Å². The van der Waals surface area contributed by atoms with Gasteiger partial charge in [-0.25, -0.2) is 4.98 Å². The topological polar surface area (TPSA) is 62.3 Å². The van der Waals surface area contributed by atoms with Gasteiger partial charge in [-0.2, -0.15) is 28.2 Å². The molecule has 0 bridgehead atoms. The summed E-state index contributed by atoms with van der Waals surface area (Å²) in [6, 6.07) is 15.1. The quantitative estimate of drug-likeness (QED) is 0.284. The van der Waals surface area contributed by atoms with Gasteiger partial charge in [0.1, 0.15) is 22.2 Å². The number of imidazole rings is 1. The maximum absolute atomic E-state index is 15.2. The molecule has 0 aromatic carbocycles. The first-order chi connectivity index (χ1) is 14.9. The van der Waals surface area contributed by atoms with Gasteiger partial charge in [-0.3, -0.25) is 0 Å². The van der Waals surface area contributed by atoms with Gasteiger partial charge in [0.05, 0.1) is 6.20 Å². The van der Waals surface area contributed by atoms with Crippen molar-refractivity contribution in [3.05, 3.63) is 89.0 Å². The van der Waals surface area contributed by atoms with E-state index in [1.165, 1.54) is 6.07 Å². The summed E-state index contributed by atoms with van der Waals surface area (Å²) in [5.41, 5.74) is 2.37. The van der Waals surface area contributed by atoms with Crippen LogP contribution in [0.3, 0.4) is 0 Å². The van der Waals surface area contributed by atoms with Gasteiger partial charge in [0, 0.05) is 24.3 Å². The highest BCUT2D eigenvalue weighted by molar-refractivity contribution is 5.67. The highest BCUT2D eigenvalue weighted by Gasteiger charge is 2.73. The molecule has 6 nitrogen and oxygen atoms in total. The van der Waals surface area contributed by atoms with E-state index in [4.69, 9.17) is 0 Å². The molecule has 0 amide bonds. The van der Waals surface area contributed by atoms with Crippen LogP contribution in [0.5, 0.6) is 0 Å². The zero-order valence-corrected chi connectivity index (χ0v) is 16.6. The Labute approximate surface area is 175 Å². The number of hydrogen-bond acceptors (Lipinski definition) is 3. The number of nitrogens with zero attached hydrogens (tertiary/aromatic N) is 6. The summed E-state index contributed by atoms with van der Waals surface area (Å²) in [5.74, 6) is -0.785. The van der Waals surface area contributed by atoms with Crippen LogP contribution in [0.4, 0.5) is 8.78 Å². The number of aromatic nitrogens is 5. The summed E-state index contributed by atoms with van der Waals surface area (Å²) in [7, 11) is 0. The minimum Gasteiger partial charge on any atom is -0.203 e. The standard InChI is InChI=1S/C23H14F2N6/c1-22(2)14-6-3-5-13-20-12(9-17(24)28-21(20)25)23(30(13)14)16-11-27-18(10-26)29(16)19-8-4-7-15(22)31(19)23/h3-9,11H,1-2H3/q+2/t23-/m0/s1. The summed E-state index contributed by atoms with van der Waals surface area (Å²) < 4.78 is 35.6. The number of pyridine rings is 3. The Morgan fingerprint density at radius 1 is 1.06 bits per heavy atom. The lowest BCUT2D eigenvalue weighted by molar-refractivity contribution is -0.972. The average molecular weight is 412 g/mol. The fourth-order valence-corrected chi connectivity index (χ4v) is 5.79. The molecule has 0 saturated heterocycles. The van der Waals surface area contributed by atoms with Gasteiger partial charge < -0.3 is 0 Å². The van der Waals surface area contributed by atoms with Crippen LogP contribution in [-0.2, 0) is 11.1 Å². The van der Waals surface area contributed by atoms with Gasteiger partial charge >= 0.3 is 11.5 Å². The van der Waals surface area contributed by atoms with Crippen molar-refractivity contribution in [2.45, 2.75) is 24.9 Å². The van der Waals surface area contributed by atoms with Crippen molar-refractivity contribution in [3.8, 4) is 23.1 Å². The molecule has 1 spiro atoms. The van der Waals surface area contributed by atoms with E-state index in [2.05, 4.69) is 39.0 Å². The van der Waals surface area contributed by atoms with E-state index in [0.29, 0.717) is 17.0 Å². The molecular weight excluding hydrogens is 398 g/mol. The second kappa shape index (κ2) is 4.83. The van der Waals surface area contributed by atoms with E-state index in [1.54, 1.807) is 10.8 Å². The second-order valence-electron chi connectivity index (χ2n) is 8.61. The molecule has 7 heterocycles. The molecule has 0 radical (unpaired) electrons. The van der Waals surface area contributed by atoms with E-state index in [1.807, 2.05) is 36.4 Å². The first kappa shape index (κ1) is 16.8. The van der Waals surface area contributed by atoms with Crippen LogP contribution in [0, 0.1) is 23.2 Å². The normalized spacial score (nSPS) is 20.0.